The van der Waals surface area contributed by atoms with E-state index in [1.165, 1.54) is 50.7 Å². The number of aryl methyl sites for hydroxylation is 1. The van der Waals surface area contributed by atoms with E-state index in [9.17, 15) is 13.2 Å². The normalized spacial score (nSPS) is 21.0. The summed E-state index contributed by atoms with van der Waals surface area (Å²) in [5.41, 5.74) is 0.424. The Labute approximate surface area is 154 Å². The first kappa shape index (κ1) is 20.6. The first-order chi connectivity index (χ1) is 12.5. The van der Waals surface area contributed by atoms with Crippen LogP contribution in [0.5, 0.6) is 0 Å². The van der Waals surface area contributed by atoms with Gasteiger partial charge in [0.2, 0.25) is 0 Å². The molecule has 2 rings (SSSR count). The molecule has 142 valence electrons. The summed E-state index contributed by atoms with van der Waals surface area (Å²) < 4.78 is 37.6. The molecule has 1 nitrogen and oxygen atoms in total. The van der Waals surface area contributed by atoms with Gasteiger partial charge in [0.1, 0.15) is 0 Å². The molecule has 0 N–H and O–H groups in total. The highest BCUT2D eigenvalue weighted by Crippen LogP contribution is 2.34. The summed E-state index contributed by atoms with van der Waals surface area (Å²) in [6, 6.07) is 7.61. The highest BCUT2D eigenvalue weighted by Gasteiger charge is 2.29. The fourth-order valence-corrected chi connectivity index (χ4v) is 3.90. The molecule has 0 spiro atoms. The zero-order chi connectivity index (χ0) is 18.8. The summed E-state index contributed by atoms with van der Waals surface area (Å²) in [5.74, 6) is 1.62. The van der Waals surface area contributed by atoms with E-state index in [4.69, 9.17) is 5.26 Å². The molecule has 1 aliphatic rings. The van der Waals surface area contributed by atoms with Gasteiger partial charge in [0, 0.05) is 6.08 Å². The van der Waals surface area contributed by atoms with Gasteiger partial charge in [0.05, 0.1) is 11.6 Å². The highest BCUT2D eigenvalue weighted by atomic mass is 19.4. The van der Waals surface area contributed by atoms with Crippen LogP contribution in [0.3, 0.4) is 0 Å². The second-order valence-corrected chi connectivity index (χ2v) is 7.44. The number of rotatable bonds is 8. The molecule has 26 heavy (non-hydrogen) atoms. The Morgan fingerprint density at radius 2 is 1.58 bits per heavy atom. The zero-order valence-electron chi connectivity index (χ0n) is 15.3. The van der Waals surface area contributed by atoms with Crippen molar-refractivity contribution in [1.29, 1.82) is 5.26 Å². The molecule has 1 aromatic rings. The van der Waals surface area contributed by atoms with Crippen LogP contribution >= 0.6 is 0 Å². The van der Waals surface area contributed by atoms with Gasteiger partial charge in [-0.3, -0.25) is 0 Å². The van der Waals surface area contributed by atoms with E-state index in [0.717, 1.165) is 43.1 Å². The smallest absolute Gasteiger partial charge is 0.193 e. The number of allylic oxidation sites excluding steroid dienone is 2. The lowest BCUT2D eigenvalue weighted by atomic mass is 9.78. The molecule has 0 aromatic heterocycles. The Morgan fingerprint density at radius 3 is 2.15 bits per heavy atom. The van der Waals surface area contributed by atoms with Crippen LogP contribution in [0.4, 0.5) is 13.2 Å². The largest absolute Gasteiger partial charge is 0.416 e. The molecule has 0 heterocycles. The Morgan fingerprint density at radius 1 is 0.962 bits per heavy atom. The topological polar surface area (TPSA) is 23.8 Å². The van der Waals surface area contributed by atoms with E-state index in [0.29, 0.717) is 0 Å². The minimum atomic E-state index is -4.25. The molecule has 0 radical (unpaired) electrons. The van der Waals surface area contributed by atoms with Gasteiger partial charge in [-0.25, -0.2) is 0 Å². The van der Waals surface area contributed by atoms with Crippen molar-refractivity contribution >= 4 is 0 Å². The third kappa shape index (κ3) is 7.23. The van der Waals surface area contributed by atoms with Crippen molar-refractivity contribution in [3.63, 3.8) is 0 Å². The molecule has 4 heteroatoms. The molecule has 1 saturated carbocycles. The van der Waals surface area contributed by atoms with E-state index in [2.05, 4.69) is 0 Å². The highest BCUT2D eigenvalue weighted by molar-refractivity contribution is 5.24. The molecule has 1 fully saturated rings. The summed E-state index contributed by atoms with van der Waals surface area (Å²) in [6.45, 7) is 0. The van der Waals surface area contributed by atoms with Crippen molar-refractivity contribution in [3.05, 3.63) is 47.5 Å². The van der Waals surface area contributed by atoms with Crippen LogP contribution in [-0.2, 0) is 12.6 Å². The van der Waals surface area contributed by atoms with Crippen LogP contribution in [0, 0.1) is 23.2 Å². The number of nitrogens with zero attached hydrogens (tertiary/aromatic N) is 1. The van der Waals surface area contributed by atoms with Crippen molar-refractivity contribution in [3.8, 4) is 6.07 Å². The fourth-order valence-electron chi connectivity index (χ4n) is 3.90. The quantitative estimate of drug-likeness (QED) is 0.357. The first-order valence-corrected chi connectivity index (χ1v) is 9.70. The number of unbranched alkanes of at least 4 members (excludes halogenated alkanes) is 1. The molecule has 0 amide bonds. The fraction of sp³-hybridized carbons (Fsp3) is 0.591. The number of halogens is 3. The first-order valence-electron chi connectivity index (χ1n) is 9.70. The maximum absolute atomic E-state index is 12.5. The van der Waals surface area contributed by atoms with Crippen LogP contribution in [0.25, 0.3) is 0 Å². The molecule has 0 bridgehead atoms. The molecular weight excluding hydrogens is 335 g/mol. The number of nitriles is 1. The van der Waals surface area contributed by atoms with Gasteiger partial charge >= 0.3 is 6.18 Å². The lowest BCUT2D eigenvalue weighted by molar-refractivity contribution is -0.137. The molecule has 1 aromatic carbocycles. The Balaban J connectivity index is 1.58. The van der Waals surface area contributed by atoms with Gasteiger partial charge in [-0.1, -0.05) is 56.7 Å². The summed E-state index contributed by atoms with van der Waals surface area (Å²) >= 11 is 0. The Hall–Kier alpha value is -1.76. The van der Waals surface area contributed by atoms with Crippen LogP contribution in [0.15, 0.2) is 36.4 Å². The van der Waals surface area contributed by atoms with Crippen molar-refractivity contribution < 1.29 is 13.2 Å². The predicted octanol–water partition coefficient (Wildman–Crippen LogP) is 7.08. The minimum Gasteiger partial charge on any atom is -0.193 e. The van der Waals surface area contributed by atoms with Gasteiger partial charge in [-0.05, 0) is 55.2 Å². The summed E-state index contributed by atoms with van der Waals surface area (Å²) in [6.07, 6.45) is 11.0. The molecular formula is C22H28F3N. The lowest BCUT2D eigenvalue weighted by Gasteiger charge is -2.28. The Kier molecular flexibility index (Phi) is 8.22. The number of alkyl halides is 3. The summed E-state index contributed by atoms with van der Waals surface area (Å²) in [4.78, 5) is 0. The van der Waals surface area contributed by atoms with Crippen LogP contribution in [0.2, 0.25) is 0 Å². The second kappa shape index (κ2) is 10.4. The number of hydrogen-bond acceptors (Lipinski definition) is 1. The van der Waals surface area contributed by atoms with Gasteiger partial charge in [0.25, 0.3) is 0 Å². The average molecular weight is 363 g/mol. The predicted molar refractivity (Wildman–Crippen MR) is 98.4 cm³/mol. The van der Waals surface area contributed by atoms with Crippen LogP contribution in [0.1, 0.15) is 68.9 Å². The Bertz CT molecular complexity index is 587. The SMILES string of the molecule is N#CC=CCCC1CCC(CCCCc2ccc(C(F)(F)F)cc2)CC1. The van der Waals surface area contributed by atoms with E-state index in [1.807, 2.05) is 12.1 Å². The molecule has 0 aliphatic heterocycles. The summed E-state index contributed by atoms with van der Waals surface area (Å²) in [7, 11) is 0. The van der Waals surface area contributed by atoms with Gasteiger partial charge in [0.15, 0.2) is 0 Å². The molecule has 0 atom stereocenters. The molecule has 0 unspecified atom stereocenters. The third-order valence-electron chi connectivity index (χ3n) is 5.51. The summed E-state index contributed by atoms with van der Waals surface area (Å²) in [5, 5.41) is 8.48. The van der Waals surface area contributed by atoms with Gasteiger partial charge in [-0.15, -0.1) is 0 Å². The third-order valence-corrected chi connectivity index (χ3v) is 5.51. The standard InChI is InChI=1S/C22H28F3N/c23-22(24,25)21-15-13-20(14-16-21)8-4-3-7-19-11-9-18(10-12-19)6-2-1-5-17-26/h1,5,13-16,18-19H,2-4,6-12H2. The van der Waals surface area contributed by atoms with Gasteiger partial charge < -0.3 is 0 Å². The average Bonchev–Trinajstić information content (AvgIpc) is 2.63. The van der Waals surface area contributed by atoms with E-state index >= 15 is 0 Å². The number of hydrogen-bond donors (Lipinski definition) is 0. The molecule has 1 aliphatic carbocycles. The molecule has 0 saturated heterocycles. The maximum Gasteiger partial charge on any atom is 0.416 e. The van der Waals surface area contributed by atoms with Crippen molar-refractivity contribution in [2.45, 2.75) is 70.4 Å². The van der Waals surface area contributed by atoms with Crippen LogP contribution < -0.4 is 0 Å². The van der Waals surface area contributed by atoms with Crippen molar-refractivity contribution in [1.82, 2.24) is 0 Å². The van der Waals surface area contributed by atoms with E-state index in [-0.39, 0.29) is 0 Å². The second-order valence-electron chi connectivity index (χ2n) is 7.44. The monoisotopic (exact) mass is 363 g/mol. The zero-order valence-corrected chi connectivity index (χ0v) is 15.3. The van der Waals surface area contributed by atoms with Crippen molar-refractivity contribution in [2.75, 3.05) is 0 Å². The minimum absolute atomic E-state index is 0.568. The van der Waals surface area contributed by atoms with Crippen molar-refractivity contribution in [2.24, 2.45) is 11.8 Å². The van der Waals surface area contributed by atoms with Gasteiger partial charge in [-0.2, -0.15) is 18.4 Å². The lowest BCUT2D eigenvalue weighted by Crippen LogP contribution is -2.14. The maximum atomic E-state index is 12.5. The van der Waals surface area contributed by atoms with Crippen LogP contribution in [-0.4, -0.2) is 0 Å². The van der Waals surface area contributed by atoms with E-state index < -0.39 is 11.7 Å². The number of benzene rings is 1. The van der Waals surface area contributed by atoms with E-state index in [1.54, 1.807) is 18.2 Å².